The van der Waals surface area contributed by atoms with Gasteiger partial charge in [-0.25, -0.2) is 0 Å². The minimum atomic E-state index is 0. The molecule has 0 bridgehead atoms. The number of nitrogens with zero attached hydrogens (tertiary/aromatic N) is 2. The van der Waals surface area contributed by atoms with E-state index in [1.54, 1.807) is 6.26 Å². The molecule has 0 radical (unpaired) electrons. The van der Waals surface area contributed by atoms with Crippen LogP contribution in [0.3, 0.4) is 0 Å². The summed E-state index contributed by atoms with van der Waals surface area (Å²) in [6.45, 7) is 3.99. The van der Waals surface area contributed by atoms with Crippen molar-refractivity contribution < 1.29 is 4.42 Å². The number of likely N-dealkylation sites (tertiary alicyclic amines) is 1. The second kappa shape index (κ2) is 9.78. The largest absolute Gasteiger partial charge is 0.468 e. The maximum absolute atomic E-state index is 5.71. The number of guanidine groups is 1. The van der Waals surface area contributed by atoms with Crippen molar-refractivity contribution in [3.05, 3.63) is 60.1 Å². The van der Waals surface area contributed by atoms with Crippen LogP contribution in [0.2, 0.25) is 0 Å². The lowest BCUT2D eigenvalue weighted by Crippen LogP contribution is -2.44. The Labute approximate surface area is 185 Å². The lowest BCUT2D eigenvalue weighted by atomic mass is 9.96. The summed E-state index contributed by atoms with van der Waals surface area (Å²) in [4.78, 5) is 6.94. The van der Waals surface area contributed by atoms with E-state index >= 15 is 0 Å². The van der Waals surface area contributed by atoms with Crippen LogP contribution in [0.5, 0.6) is 0 Å². The van der Waals surface area contributed by atoms with Crippen molar-refractivity contribution in [2.75, 3.05) is 33.2 Å². The van der Waals surface area contributed by atoms with Gasteiger partial charge in [0, 0.05) is 25.6 Å². The molecule has 1 unspecified atom stereocenters. The van der Waals surface area contributed by atoms with Crippen LogP contribution < -0.4 is 10.6 Å². The van der Waals surface area contributed by atoms with E-state index in [0.717, 1.165) is 37.9 Å². The monoisotopic (exact) mass is 494 g/mol. The predicted octanol–water partition coefficient (Wildman–Crippen LogP) is 3.93. The van der Waals surface area contributed by atoms with Crippen LogP contribution in [0.15, 0.2) is 58.1 Å². The number of furan rings is 1. The highest BCUT2D eigenvalue weighted by Crippen LogP contribution is 2.47. The topological polar surface area (TPSA) is 52.8 Å². The van der Waals surface area contributed by atoms with E-state index in [1.165, 1.54) is 31.2 Å². The van der Waals surface area contributed by atoms with Gasteiger partial charge in [-0.1, -0.05) is 30.3 Å². The molecule has 2 N–H and O–H groups in total. The first-order valence-electron chi connectivity index (χ1n) is 10.1. The fourth-order valence-electron chi connectivity index (χ4n) is 4.12. The molecule has 1 saturated carbocycles. The Morgan fingerprint density at radius 1 is 1.11 bits per heavy atom. The molecule has 152 valence electrons. The molecule has 0 spiro atoms. The van der Waals surface area contributed by atoms with Gasteiger partial charge in [-0.05, 0) is 56.5 Å². The maximum Gasteiger partial charge on any atom is 0.191 e. The normalized spacial score (nSPS) is 19.7. The predicted molar refractivity (Wildman–Crippen MR) is 124 cm³/mol. The Bertz CT molecular complexity index is 737. The number of halogens is 1. The molecule has 6 heteroatoms. The van der Waals surface area contributed by atoms with Gasteiger partial charge in [0.15, 0.2) is 5.96 Å². The fourth-order valence-corrected chi connectivity index (χ4v) is 4.12. The third-order valence-electron chi connectivity index (χ3n) is 5.97. The van der Waals surface area contributed by atoms with Crippen molar-refractivity contribution in [2.24, 2.45) is 4.99 Å². The average molecular weight is 494 g/mol. The minimum absolute atomic E-state index is 0. The number of hydrogen-bond donors (Lipinski definition) is 2. The zero-order chi connectivity index (χ0) is 18.5. The van der Waals surface area contributed by atoms with E-state index in [9.17, 15) is 0 Å². The molecular weight excluding hydrogens is 463 g/mol. The highest BCUT2D eigenvalue weighted by atomic mass is 127. The zero-order valence-corrected chi connectivity index (χ0v) is 18.9. The Morgan fingerprint density at radius 3 is 2.46 bits per heavy atom. The number of nitrogens with one attached hydrogen (secondary N) is 2. The summed E-state index contributed by atoms with van der Waals surface area (Å²) in [7, 11) is 1.84. The van der Waals surface area contributed by atoms with Gasteiger partial charge in [0.1, 0.15) is 5.76 Å². The van der Waals surface area contributed by atoms with Gasteiger partial charge in [0.2, 0.25) is 0 Å². The summed E-state index contributed by atoms with van der Waals surface area (Å²) in [6.07, 6.45) is 6.78. The van der Waals surface area contributed by atoms with Crippen LogP contribution in [0.1, 0.15) is 43.0 Å². The molecule has 1 aliphatic carbocycles. The summed E-state index contributed by atoms with van der Waals surface area (Å²) < 4.78 is 5.71. The van der Waals surface area contributed by atoms with E-state index in [0.29, 0.717) is 0 Å². The molecule has 2 fully saturated rings. The Morgan fingerprint density at radius 2 is 1.86 bits per heavy atom. The molecule has 4 rings (SSSR count). The molecule has 1 aliphatic heterocycles. The van der Waals surface area contributed by atoms with Gasteiger partial charge in [-0.3, -0.25) is 9.89 Å². The highest BCUT2D eigenvalue weighted by molar-refractivity contribution is 14.0. The summed E-state index contributed by atoms with van der Waals surface area (Å²) in [6, 6.07) is 15.1. The number of benzene rings is 1. The molecular formula is C22H31IN4O. The molecule has 0 amide bonds. The Kier molecular flexibility index (Phi) is 7.40. The summed E-state index contributed by atoms with van der Waals surface area (Å²) in [5, 5.41) is 7.08. The van der Waals surface area contributed by atoms with E-state index < -0.39 is 0 Å². The van der Waals surface area contributed by atoms with E-state index in [1.807, 2.05) is 13.1 Å². The highest BCUT2D eigenvalue weighted by Gasteiger charge is 2.44. The Hall–Kier alpha value is -1.54. The third-order valence-corrected chi connectivity index (χ3v) is 5.97. The SMILES string of the molecule is CN=C(NCC(c1ccco1)N1CCCC1)NCC1(c2ccccc2)CC1.I. The van der Waals surface area contributed by atoms with E-state index in [-0.39, 0.29) is 35.4 Å². The van der Waals surface area contributed by atoms with Gasteiger partial charge >= 0.3 is 0 Å². The summed E-state index contributed by atoms with van der Waals surface area (Å²) >= 11 is 0. The lowest BCUT2D eigenvalue weighted by Gasteiger charge is -2.27. The second-order valence-corrected chi connectivity index (χ2v) is 7.73. The van der Waals surface area contributed by atoms with Crippen molar-refractivity contribution in [3.8, 4) is 0 Å². The van der Waals surface area contributed by atoms with Crippen molar-refractivity contribution in [3.63, 3.8) is 0 Å². The fraction of sp³-hybridized carbons (Fsp3) is 0.500. The minimum Gasteiger partial charge on any atom is -0.468 e. The summed E-state index contributed by atoms with van der Waals surface area (Å²) in [5.74, 6) is 1.90. The Balaban J connectivity index is 0.00000225. The van der Waals surface area contributed by atoms with Gasteiger partial charge in [-0.15, -0.1) is 24.0 Å². The average Bonchev–Trinajstić information content (AvgIpc) is 3.11. The molecule has 5 nitrogen and oxygen atoms in total. The standard InChI is InChI=1S/C22H30N4O.HI/c1-23-21(25-17-22(11-12-22)18-8-3-2-4-9-18)24-16-19(20-10-7-15-27-20)26-13-5-6-14-26;/h2-4,7-10,15,19H,5-6,11-14,16-17H2,1H3,(H2,23,24,25);1H. The quantitative estimate of drug-likeness (QED) is 0.348. The zero-order valence-electron chi connectivity index (χ0n) is 16.6. The molecule has 2 aliphatic rings. The lowest BCUT2D eigenvalue weighted by molar-refractivity contribution is 0.215. The van der Waals surface area contributed by atoms with Gasteiger partial charge in [-0.2, -0.15) is 0 Å². The van der Waals surface area contributed by atoms with Crippen molar-refractivity contribution in [1.82, 2.24) is 15.5 Å². The second-order valence-electron chi connectivity index (χ2n) is 7.73. The van der Waals surface area contributed by atoms with Crippen molar-refractivity contribution >= 4 is 29.9 Å². The number of aliphatic imine (C=N–C) groups is 1. The van der Waals surface area contributed by atoms with Crippen LogP contribution in [0.25, 0.3) is 0 Å². The number of hydrogen-bond acceptors (Lipinski definition) is 3. The van der Waals surface area contributed by atoms with Crippen LogP contribution >= 0.6 is 24.0 Å². The van der Waals surface area contributed by atoms with Crippen LogP contribution in [0.4, 0.5) is 0 Å². The molecule has 2 heterocycles. The van der Waals surface area contributed by atoms with E-state index in [2.05, 4.69) is 56.9 Å². The van der Waals surface area contributed by atoms with Gasteiger partial charge in [0.25, 0.3) is 0 Å². The number of rotatable bonds is 7. The summed E-state index contributed by atoms with van der Waals surface area (Å²) in [5.41, 5.74) is 1.70. The van der Waals surface area contributed by atoms with Gasteiger partial charge < -0.3 is 15.1 Å². The third kappa shape index (κ3) is 4.89. The molecule has 28 heavy (non-hydrogen) atoms. The smallest absolute Gasteiger partial charge is 0.191 e. The molecule has 1 saturated heterocycles. The van der Waals surface area contributed by atoms with Crippen molar-refractivity contribution in [2.45, 2.75) is 37.1 Å². The van der Waals surface area contributed by atoms with Crippen LogP contribution in [-0.2, 0) is 5.41 Å². The maximum atomic E-state index is 5.71. The molecule has 2 aromatic rings. The first-order valence-corrected chi connectivity index (χ1v) is 10.1. The molecule has 1 aromatic carbocycles. The molecule has 1 aromatic heterocycles. The van der Waals surface area contributed by atoms with Crippen molar-refractivity contribution in [1.29, 1.82) is 0 Å². The molecule has 1 atom stereocenters. The van der Waals surface area contributed by atoms with Crippen LogP contribution in [0, 0.1) is 0 Å². The van der Waals surface area contributed by atoms with Crippen LogP contribution in [-0.4, -0.2) is 44.1 Å². The van der Waals surface area contributed by atoms with Gasteiger partial charge in [0.05, 0.1) is 12.3 Å². The van der Waals surface area contributed by atoms with E-state index in [4.69, 9.17) is 4.42 Å². The first-order chi connectivity index (χ1) is 13.3. The first kappa shape index (κ1) is 21.2.